The molecule has 6 aromatic rings. The van der Waals surface area contributed by atoms with Gasteiger partial charge in [-0.3, -0.25) is 0 Å². The van der Waals surface area contributed by atoms with Gasteiger partial charge >= 0.3 is 0 Å². The van der Waals surface area contributed by atoms with E-state index in [2.05, 4.69) is 133 Å². The maximum Gasteiger partial charge on any atom is 0.0408 e. The Bertz CT molecular complexity index is 1540. The van der Waals surface area contributed by atoms with Gasteiger partial charge in [0.2, 0.25) is 0 Å². The van der Waals surface area contributed by atoms with Crippen molar-refractivity contribution in [1.29, 1.82) is 0 Å². The van der Waals surface area contributed by atoms with Crippen LogP contribution in [0.2, 0.25) is 0 Å². The molecule has 0 bridgehead atoms. The van der Waals surface area contributed by atoms with E-state index in [-0.39, 0.29) is 0 Å². The topological polar surface area (TPSA) is 3.24 Å². The van der Waals surface area contributed by atoms with Crippen LogP contribution in [0.3, 0.4) is 0 Å². The number of nitrogens with zero attached hydrogens (tertiary/aromatic N) is 1. The van der Waals surface area contributed by atoms with Gasteiger partial charge in [-0.05, 0) is 64.7 Å². The summed E-state index contributed by atoms with van der Waals surface area (Å²) in [6.45, 7) is 0. The molecule has 0 saturated heterocycles. The van der Waals surface area contributed by atoms with Gasteiger partial charge in [-0.1, -0.05) is 78.9 Å². The average molecular weight is 442 g/mol. The Hall–Kier alpha value is -3.88. The first-order valence-corrected chi connectivity index (χ1v) is 12.0. The van der Waals surface area contributed by atoms with Crippen molar-refractivity contribution >= 4 is 42.9 Å². The van der Waals surface area contributed by atoms with Crippen LogP contribution in [0.1, 0.15) is 0 Å². The molecule has 1 nitrogen and oxygen atoms in total. The molecule has 0 aliphatic rings. The van der Waals surface area contributed by atoms with Gasteiger partial charge in [0, 0.05) is 38.6 Å². The van der Waals surface area contributed by atoms with Crippen molar-refractivity contribution in [3.05, 3.63) is 121 Å². The second-order valence-electron chi connectivity index (χ2n) is 8.33. The summed E-state index contributed by atoms with van der Waals surface area (Å²) >= 11 is 1.86. The Morgan fingerprint density at radius 2 is 0.970 bits per heavy atom. The first-order chi connectivity index (χ1) is 16.3. The molecule has 2 heteroatoms. The fourth-order valence-electron chi connectivity index (χ4n) is 4.44. The van der Waals surface area contributed by atoms with E-state index in [1.54, 1.807) is 0 Å². The average Bonchev–Trinajstić information content (AvgIpc) is 3.27. The molecular weight excluding hydrogens is 418 g/mol. The Balaban J connectivity index is 1.27. The van der Waals surface area contributed by atoms with Crippen molar-refractivity contribution in [2.75, 3.05) is 11.9 Å². The SMILES string of the molecule is CN(c1ccc(-c2ccccc2)cc1)c1ccc(-c2ccc3sc4ccccc4c3c2)cc1. The molecule has 0 N–H and O–H groups in total. The third-order valence-corrected chi connectivity index (χ3v) is 7.48. The maximum atomic E-state index is 2.33. The summed E-state index contributed by atoms with van der Waals surface area (Å²) in [5.74, 6) is 0. The molecule has 1 aromatic heterocycles. The van der Waals surface area contributed by atoms with Crippen LogP contribution in [-0.2, 0) is 0 Å². The molecule has 33 heavy (non-hydrogen) atoms. The number of hydrogen-bond donors (Lipinski definition) is 0. The van der Waals surface area contributed by atoms with Crippen molar-refractivity contribution in [2.24, 2.45) is 0 Å². The van der Waals surface area contributed by atoms with Gasteiger partial charge in [-0.25, -0.2) is 0 Å². The van der Waals surface area contributed by atoms with E-state index in [0.717, 1.165) is 0 Å². The zero-order chi connectivity index (χ0) is 22.2. The number of hydrogen-bond acceptors (Lipinski definition) is 2. The molecule has 0 radical (unpaired) electrons. The lowest BCUT2D eigenvalue weighted by atomic mass is 10.0. The molecule has 6 rings (SSSR count). The van der Waals surface area contributed by atoms with Gasteiger partial charge in [0.25, 0.3) is 0 Å². The minimum absolute atomic E-state index is 1.17. The fourth-order valence-corrected chi connectivity index (χ4v) is 5.53. The Morgan fingerprint density at radius 3 is 1.67 bits per heavy atom. The van der Waals surface area contributed by atoms with Crippen LogP contribution in [0.5, 0.6) is 0 Å². The maximum absolute atomic E-state index is 2.33. The zero-order valence-electron chi connectivity index (χ0n) is 18.4. The molecule has 0 unspecified atom stereocenters. The van der Waals surface area contributed by atoms with Crippen molar-refractivity contribution in [1.82, 2.24) is 0 Å². The summed E-state index contributed by atoms with van der Waals surface area (Å²) in [6.07, 6.45) is 0. The van der Waals surface area contributed by atoms with E-state index in [9.17, 15) is 0 Å². The van der Waals surface area contributed by atoms with Crippen molar-refractivity contribution in [3.63, 3.8) is 0 Å². The highest BCUT2D eigenvalue weighted by molar-refractivity contribution is 7.25. The number of benzene rings is 5. The van der Waals surface area contributed by atoms with E-state index in [4.69, 9.17) is 0 Å². The van der Waals surface area contributed by atoms with E-state index >= 15 is 0 Å². The standard InChI is InChI=1S/C31H23NS/c1-32(26-16-11-23(12-17-26)22-7-3-2-4-8-22)27-18-13-24(14-19-27)25-15-20-31-29(21-25)28-9-5-6-10-30(28)33-31/h2-21H,1H3. The van der Waals surface area contributed by atoms with E-state index in [1.807, 2.05) is 11.3 Å². The molecule has 0 spiro atoms. The van der Waals surface area contributed by atoms with Gasteiger partial charge in [0.1, 0.15) is 0 Å². The lowest BCUT2D eigenvalue weighted by Gasteiger charge is -2.20. The zero-order valence-corrected chi connectivity index (χ0v) is 19.2. The molecule has 0 atom stereocenters. The highest BCUT2D eigenvalue weighted by Gasteiger charge is 2.08. The highest BCUT2D eigenvalue weighted by atomic mass is 32.1. The van der Waals surface area contributed by atoms with Crippen LogP contribution in [0.25, 0.3) is 42.4 Å². The van der Waals surface area contributed by atoms with Crippen LogP contribution in [0.4, 0.5) is 11.4 Å². The summed E-state index contributed by atoms with van der Waals surface area (Å²) in [5.41, 5.74) is 7.32. The van der Waals surface area contributed by atoms with Gasteiger partial charge in [-0.15, -0.1) is 11.3 Å². The quantitative estimate of drug-likeness (QED) is 0.263. The van der Waals surface area contributed by atoms with Gasteiger partial charge in [0.05, 0.1) is 0 Å². The first kappa shape index (κ1) is 19.8. The minimum Gasteiger partial charge on any atom is -0.345 e. The smallest absolute Gasteiger partial charge is 0.0408 e. The normalized spacial score (nSPS) is 11.2. The van der Waals surface area contributed by atoms with E-state index < -0.39 is 0 Å². The lowest BCUT2D eigenvalue weighted by molar-refractivity contribution is 1.21. The van der Waals surface area contributed by atoms with Crippen molar-refractivity contribution in [2.45, 2.75) is 0 Å². The van der Waals surface area contributed by atoms with Crippen molar-refractivity contribution in [3.8, 4) is 22.3 Å². The molecular formula is C31H23NS. The van der Waals surface area contributed by atoms with Crippen molar-refractivity contribution < 1.29 is 0 Å². The molecule has 0 fully saturated rings. The van der Waals surface area contributed by atoms with E-state index in [0.29, 0.717) is 0 Å². The second-order valence-corrected chi connectivity index (χ2v) is 9.41. The molecule has 1 heterocycles. The Kier molecular flexibility index (Phi) is 4.93. The van der Waals surface area contributed by atoms with Crippen LogP contribution in [0.15, 0.2) is 121 Å². The third-order valence-electron chi connectivity index (χ3n) is 6.33. The predicted molar refractivity (Wildman–Crippen MR) is 145 cm³/mol. The first-order valence-electron chi connectivity index (χ1n) is 11.2. The molecule has 5 aromatic carbocycles. The molecule has 0 amide bonds. The van der Waals surface area contributed by atoms with Crippen LogP contribution >= 0.6 is 11.3 Å². The molecule has 0 saturated carbocycles. The largest absolute Gasteiger partial charge is 0.345 e. The Labute approximate surface area is 198 Å². The highest BCUT2D eigenvalue weighted by Crippen LogP contribution is 2.36. The minimum atomic E-state index is 1.17. The summed E-state index contributed by atoms with van der Waals surface area (Å²) < 4.78 is 2.69. The number of fused-ring (bicyclic) bond motifs is 3. The summed E-state index contributed by atoms with van der Waals surface area (Å²) in [7, 11) is 2.12. The third kappa shape index (κ3) is 3.69. The van der Waals surface area contributed by atoms with Crippen LogP contribution < -0.4 is 4.90 Å². The second kappa shape index (κ2) is 8.23. The number of anilines is 2. The fraction of sp³-hybridized carbons (Fsp3) is 0.0323. The van der Waals surface area contributed by atoms with Gasteiger partial charge < -0.3 is 4.90 Å². The predicted octanol–water partition coefficient (Wildman–Crippen LogP) is 9.16. The number of rotatable bonds is 4. The van der Waals surface area contributed by atoms with Gasteiger partial charge in [-0.2, -0.15) is 0 Å². The van der Waals surface area contributed by atoms with E-state index in [1.165, 1.54) is 53.8 Å². The monoisotopic (exact) mass is 441 g/mol. The molecule has 0 aliphatic heterocycles. The molecule has 158 valence electrons. The summed E-state index contributed by atoms with van der Waals surface area (Å²) in [6, 6.07) is 43.6. The van der Waals surface area contributed by atoms with Crippen LogP contribution in [-0.4, -0.2) is 7.05 Å². The summed E-state index contributed by atoms with van der Waals surface area (Å²) in [5, 5.41) is 2.68. The van der Waals surface area contributed by atoms with Gasteiger partial charge in [0.15, 0.2) is 0 Å². The molecule has 0 aliphatic carbocycles. The Morgan fingerprint density at radius 1 is 0.455 bits per heavy atom. The summed E-state index contributed by atoms with van der Waals surface area (Å²) in [4.78, 5) is 2.23. The van der Waals surface area contributed by atoms with Crippen LogP contribution in [0, 0.1) is 0 Å². The number of thiophene rings is 1. The lowest BCUT2D eigenvalue weighted by Crippen LogP contribution is -2.08.